The van der Waals surface area contributed by atoms with E-state index in [0.717, 1.165) is 5.56 Å². The normalized spacial score (nSPS) is 12.0. The predicted octanol–water partition coefficient (Wildman–Crippen LogP) is 2.64. The molecule has 0 aliphatic heterocycles. The van der Waals surface area contributed by atoms with Crippen molar-refractivity contribution >= 4 is 51.6 Å². The van der Waals surface area contributed by atoms with Gasteiger partial charge in [0, 0.05) is 45.3 Å². The lowest BCUT2D eigenvalue weighted by Gasteiger charge is -2.23. The molecule has 9 heteroatoms. The fraction of sp³-hybridized carbons (Fsp3) is 0.562. The first-order valence-electron chi connectivity index (χ1n) is 7.98. The summed E-state index contributed by atoms with van der Waals surface area (Å²) in [6.07, 6.45) is 0. The van der Waals surface area contributed by atoms with Gasteiger partial charge in [-0.3, -0.25) is 4.99 Å². The number of sulfonamides is 1. The zero-order valence-electron chi connectivity index (χ0n) is 15.2. The number of nitrogens with zero attached hydrogens (tertiary/aromatic N) is 3. The van der Waals surface area contributed by atoms with Crippen molar-refractivity contribution in [2.45, 2.75) is 20.4 Å². The van der Waals surface area contributed by atoms with Crippen molar-refractivity contribution in [3.8, 4) is 0 Å². The minimum atomic E-state index is -3.24. The fourth-order valence-electron chi connectivity index (χ4n) is 2.41. The van der Waals surface area contributed by atoms with Crippen LogP contribution < -0.4 is 5.32 Å². The van der Waals surface area contributed by atoms with Crippen molar-refractivity contribution in [3.63, 3.8) is 0 Å². The molecule has 0 saturated heterocycles. The van der Waals surface area contributed by atoms with Crippen LogP contribution in [0.1, 0.15) is 19.4 Å². The summed E-state index contributed by atoms with van der Waals surface area (Å²) in [7, 11) is 0.338. The average Bonchev–Trinajstić information content (AvgIpc) is 2.52. The SMILES string of the molecule is CCN(CC)S(=O)(=O)CCNC(=NC)N(C)Cc1cccc(Cl)c1.I. The van der Waals surface area contributed by atoms with E-state index in [1.54, 1.807) is 7.05 Å². The Balaban J connectivity index is 0.00000576. The van der Waals surface area contributed by atoms with Crippen LogP contribution in [0.5, 0.6) is 0 Å². The van der Waals surface area contributed by atoms with Crippen molar-refractivity contribution in [1.29, 1.82) is 0 Å². The summed E-state index contributed by atoms with van der Waals surface area (Å²) in [6, 6.07) is 7.62. The number of benzene rings is 1. The molecule has 1 rings (SSSR count). The van der Waals surface area contributed by atoms with Crippen LogP contribution in [0.25, 0.3) is 0 Å². The van der Waals surface area contributed by atoms with E-state index in [1.807, 2.05) is 50.1 Å². The summed E-state index contributed by atoms with van der Waals surface area (Å²) < 4.78 is 25.8. The molecular formula is C16H28ClIN4O2S. The van der Waals surface area contributed by atoms with Crippen molar-refractivity contribution in [2.75, 3.05) is 39.5 Å². The van der Waals surface area contributed by atoms with Crippen LogP contribution in [0, 0.1) is 0 Å². The van der Waals surface area contributed by atoms with Gasteiger partial charge in [-0.25, -0.2) is 12.7 Å². The van der Waals surface area contributed by atoms with Crippen molar-refractivity contribution in [3.05, 3.63) is 34.9 Å². The number of rotatable bonds is 8. The highest BCUT2D eigenvalue weighted by molar-refractivity contribution is 14.0. The Labute approximate surface area is 173 Å². The summed E-state index contributed by atoms with van der Waals surface area (Å²) in [5.41, 5.74) is 1.06. The molecule has 0 bridgehead atoms. The lowest BCUT2D eigenvalue weighted by atomic mass is 10.2. The second-order valence-corrected chi connectivity index (χ2v) is 7.89. The molecule has 0 spiro atoms. The molecule has 0 heterocycles. The van der Waals surface area contributed by atoms with Gasteiger partial charge in [0.1, 0.15) is 0 Å². The first kappa shape index (κ1) is 24.4. The highest BCUT2D eigenvalue weighted by Gasteiger charge is 2.18. The van der Waals surface area contributed by atoms with Crippen molar-refractivity contribution in [1.82, 2.24) is 14.5 Å². The van der Waals surface area contributed by atoms with Crippen LogP contribution in [-0.2, 0) is 16.6 Å². The van der Waals surface area contributed by atoms with Crippen molar-refractivity contribution < 1.29 is 8.42 Å². The van der Waals surface area contributed by atoms with E-state index in [0.29, 0.717) is 37.2 Å². The largest absolute Gasteiger partial charge is 0.355 e. The molecule has 0 atom stereocenters. The van der Waals surface area contributed by atoms with Gasteiger partial charge in [-0.05, 0) is 17.7 Å². The lowest BCUT2D eigenvalue weighted by Crippen LogP contribution is -2.42. The summed E-state index contributed by atoms with van der Waals surface area (Å²) in [6.45, 7) is 5.59. The number of hydrogen-bond acceptors (Lipinski definition) is 3. The highest BCUT2D eigenvalue weighted by Crippen LogP contribution is 2.12. The Bertz CT molecular complexity index is 651. The maximum absolute atomic E-state index is 12.2. The Morgan fingerprint density at radius 3 is 2.44 bits per heavy atom. The van der Waals surface area contributed by atoms with E-state index in [4.69, 9.17) is 11.6 Å². The van der Waals surface area contributed by atoms with Crippen LogP contribution in [0.3, 0.4) is 0 Å². The van der Waals surface area contributed by atoms with Crippen LogP contribution >= 0.6 is 35.6 Å². The zero-order valence-corrected chi connectivity index (χ0v) is 19.1. The highest BCUT2D eigenvalue weighted by atomic mass is 127. The number of halogens is 2. The molecule has 1 aromatic carbocycles. The van der Waals surface area contributed by atoms with Crippen LogP contribution in [-0.4, -0.2) is 63.1 Å². The summed E-state index contributed by atoms with van der Waals surface area (Å²) >= 11 is 6.00. The Morgan fingerprint density at radius 2 is 1.92 bits per heavy atom. The lowest BCUT2D eigenvalue weighted by molar-refractivity contribution is 0.443. The monoisotopic (exact) mass is 502 g/mol. The second kappa shape index (κ2) is 11.9. The van der Waals surface area contributed by atoms with E-state index in [9.17, 15) is 8.42 Å². The molecule has 0 radical (unpaired) electrons. The maximum atomic E-state index is 12.2. The molecule has 0 aromatic heterocycles. The quantitative estimate of drug-likeness (QED) is 0.337. The molecular weight excluding hydrogens is 475 g/mol. The standard InChI is InChI=1S/C16H27ClN4O2S.HI/c1-5-21(6-2)24(22,23)11-10-19-16(18-3)20(4)13-14-8-7-9-15(17)12-14;/h7-9,12H,5-6,10-11,13H2,1-4H3,(H,18,19);1H. The Kier molecular flexibility index (Phi) is 11.6. The maximum Gasteiger partial charge on any atom is 0.215 e. The van der Waals surface area contributed by atoms with Gasteiger partial charge in [-0.2, -0.15) is 0 Å². The number of hydrogen-bond donors (Lipinski definition) is 1. The Morgan fingerprint density at radius 1 is 1.28 bits per heavy atom. The second-order valence-electron chi connectivity index (χ2n) is 5.36. The first-order chi connectivity index (χ1) is 11.3. The predicted molar refractivity (Wildman–Crippen MR) is 116 cm³/mol. The van der Waals surface area contributed by atoms with Gasteiger partial charge < -0.3 is 10.2 Å². The van der Waals surface area contributed by atoms with Crippen LogP contribution in [0.4, 0.5) is 0 Å². The van der Waals surface area contributed by atoms with E-state index < -0.39 is 10.0 Å². The first-order valence-corrected chi connectivity index (χ1v) is 9.96. The molecule has 0 saturated carbocycles. The third-order valence-corrected chi connectivity index (χ3v) is 5.88. The molecule has 144 valence electrons. The molecule has 1 aromatic rings. The number of nitrogens with one attached hydrogen (secondary N) is 1. The zero-order chi connectivity index (χ0) is 18.2. The molecule has 6 nitrogen and oxygen atoms in total. The van der Waals surface area contributed by atoms with Gasteiger partial charge in [0.05, 0.1) is 5.75 Å². The van der Waals surface area contributed by atoms with Gasteiger partial charge in [-0.1, -0.05) is 37.6 Å². The number of guanidine groups is 1. The minimum absolute atomic E-state index is 0. The summed E-state index contributed by atoms with van der Waals surface area (Å²) in [5.74, 6) is 0.684. The van der Waals surface area contributed by atoms with Crippen LogP contribution in [0.2, 0.25) is 5.02 Å². The number of aliphatic imine (C=N–C) groups is 1. The van der Waals surface area contributed by atoms with Gasteiger partial charge in [0.2, 0.25) is 10.0 Å². The van der Waals surface area contributed by atoms with Gasteiger partial charge in [0.15, 0.2) is 5.96 Å². The average molecular weight is 503 g/mol. The van der Waals surface area contributed by atoms with E-state index in [2.05, 4.69) is 10.3 Å². The molecule has 0 aliphatic rings. The van der Waals surface area contributed by atoms with Gasteiger partial charge in [-0.15, -0.1) is 24.0 Å². The third-order valence-electron chi connectivity index (χ3n) is 3.62. The molecule has 25 heavy (non-hydrogen) atoms. The molecule has 1 N–H and O–H groups in total. The van der Waals surface area contributed by atoms with E-state index >= 15 is 0 Å². The topological polar surface area (TPSA) is 65.0 Å². The fourth-order valence-corrected chi connectivity index (χ4v) is 4.02. The molecule has 0 fully saturated rings. The van der Waals surface area contributed by atoms with E-state index in [-0.39, 0.29) is 29.7 Å². The van der Waals surface area contributed by atoms with Crippen LogP contribution in [0.15, 0.2) is 29.3 Å². The Hall–Kier alpha value is -0.580. The van der Waals surface area contributed by atoms with Gasteiger partial charge in [0.25, 0.3) is 0 Å². The minimum Gasteiger partial charge on any atom is -0.355 e. The molecule has 0 unspecified atom stereocenters. The van der Waals surface area contributed by atoms with Crippen molar-refractivity contribution in [2.24, 2.45) is 4.99 Å². The van der Waals surface area contributed by atoms with E-state index in [1.165, 1.54) is 4.31 Å². The smallest absolute Gasteiger partial charge is 0.215 e. The summed E-state index contributed by atoms with van der Waals surface area (Å²) in [4.78, 5) is 6.13. The third kappa shape index (κ3) is 8.10. The summed E-state index contributed by atoms with van der Waals surface area (Å²) in [5, 5.41) is 3.79. The molecule has 0 amide bonds. The van der Waals surface area contributed by atoms with Gasteiger partial charge >= 0.3 is 0 Å². The molecule has 0 aliphatic carbocycles.